The molecular weight excluding hydrogens is 384 g/mol. The molecule has 1 fully saturated rings. The molecule has 2 aromatic carbocycles. The molecule has 2 aliphatic heterocycles. The molecule has 0 saturated carbocycles. The topological polar surface area (TPSA) is 58.6 Å². The van der Waals surface area contributed by atoms with Gasteiger partial charge in [0, 0.05) is 40.1 Å². The first kappa shape index (κ1) is 18.3. The largest absolute Gasteiger partial charge is 0.368 e. The lowest BCUT2D eigenvalue weighted by Gasteiger charge is -2.29. The van der Waals surface area contributed by atoms with Gasteiger partial charge in [-0.2, -0.15) is 0 Å². The van der Waals surface area contributed by atoms with E-state index in [1.54, 1.807) is 40.9 Å². The van der Waals surface area contributed by atoms with Gasteiger partial charge in [-0.3, -0.25) is 9.59 Å². The van der Waals surface area contributed by atoms with Crippen molar-refractivity contribution < 1.29 is 14.3 Å². The van der Waals surface area contributed by atoms with Crippen molar-refractivity contribution in [2.45, 2.75) is 23.8 Å². The third-order valence-corrected chi connectivity index (χ3v) is 5.91. The van der Waals surface area contributed by atoms with Crippen LogP contribution in [0.15, 0.2) is 47.4 Å². The number of halogens is 1. The Hall–Kier alpha value is -2.02. The summed E-state index contributed by atoms with van der Waals surface area (Å²) < 4.78 is 5.41. The number of carbonyl (C=O) groups excluding carboxylic acids is 2. The van der Waals surface area contributed by atoms with E-state index >= 15 is 0 Å². The Bertz CT molecular complexity index is 883. The van der Waals surface area contributed by atoms with Crippen LogP contribution in [0, 0.1) is 0 Å². The number of amides is 2. The zero-order chi connectivity index (χ0) is 18.8. The van der Waals surface area contributed by atoms with E-state index in [-0.39, 0.29) is 11.8 Å². The van der Waals surface area contributed by atoms with Crippen LogP contribution in [0.2, 0.25) is 5.02 Å². The number of carbonyl (C=O) groups is 2. The second-order valence-electron chi connectivity index (χ2n) is 6.49. The van der Waals surface area contributed by atoms with Crippen LogP contribution in [-0.2, 0) is 9.53 Å². The van der Waals surface area contributed by atoms with Crippen molar-refractivity contribution in [3.8, 4) is 0 Å². The summed E-state index contributed by atoms with van der Waals surface area (Å²) in [6.45, 7) is 1.23. The molecule has 0 radical (unpaired) electrons. The van der Waals surface area contributed by atoms with Crippen molar-refractivity contribution in [2.75, 3.05) is 29.1 Å². The summed E-state index contributed by atoms with van der Waals surface area (Å²) in [5.41, 5.74) is 1.95. The molecule has 0 aromatic heterocycles. The van der Waals surface area contributed by atoms with Gasteiger partial charge in [-0.1, -0.05) is 17.7 Å². The highest BCUT2D eigenvalue weighted by molar-refractivity contribution is 7.99. The lowest BCUT2D eigenvalue weighted by atomic mass is 10.1. The molecule has 0 spiro atoms. The minimum Gasteiger partial charge on any atom is -0.368 e. The Morgan fingerprint density at radius 3 is 2.93 bits per heavy atom. The molecule has 1 unspecified atom stereocenters. The van der Waals surface area contributed by atoms with Crippen LogP contribution in [0.1, 0.15) is 23.2 Å². The van der Waals surface area contributed by atoms with Crippen LogP contribution < -0.4 is 10.2 Å². The second-order valence-corrected chi connectivity index (χ2v) is 8.06. The summed E-state index contributed by atoms with van der Waals surface area (Å²) in [7, 11) is 0. The molecule has 27 heavy (non-hydrogen) atoms. The number of anilines is 2. The molecule has 7 heteroatoms. The number of ether oxygens (including phenoxy) is 1. The maximum Gasteiger partial charge on any atom is 0.258 e. The average molecular weight is 403 g/mol. The summed E-state index contributed by atoms with van der Waals surface area (Å²) >= 11 is 7.85. The Morgan fingerprint density at radius 2 is 2.11 bits per heavy atom. The van der Waals surface area contributed by atoms with Gasteiger partial charge in [0.1, 0.15) is 6.10 Å². The van der Waals surface area contributed by atoms with Crippen LogP contribution in [0.4, 0.5) is 11.4 Å². The first-order valence-corrected chi connectivity index (χ1v) is 10.2. The molecule has 5 nitrogen and oxygen atoms in total. The maximum absolute atomic E-state index is 13.1. The molecule has 2 aliphatic rings. The number of rotatable bonds is 3. The summed E-state index contributed by atoms with van der Waals surface area (Å²) in [5, 5.41) is 3.45. The molecule has 2 heterocycles. The standard InChI is InChI=1S/C20H19ClN2O3S/c21-14-6-7-18-16(12-14)23(8-10-27-18)20(25)13-3-1-4-15(11-13)22-19(24)17-5-2-9-26-17/h1,3-4,6-7,11-12,17H,2,5,8-10H2,(H,22,24). The number of nitrogens with zero attached hydrogens (tertiary/aromatic N) is 1. The van der Waals surface area contributed by atoms with Crippen molar-refractivity contribution >= 4 is 46.6 Å². The number of thioether (sulfide) groups is 1. The zero-order valence-corrected chi connectivity index (χ0v) is 16.2. The SMILES string of the molecule is O=C(Nc1cccc(C(=O)N2CCSc3ccc(Cl)cc32)c1)C1CCCO1. The summed E-state index contributed by atoms with van der Waals surface area (Å²) in [5.74, 6) is 0.561. The molecule has 4 rings (SSSR count). The summed E-state index contributed by atoms with van der Waals surface area (Å²) in [6, 6.07) is 12.6. The third-order valence-electron chi connectivity index (χ3n) is 4.63. The quantitative estimate of drug-likeness (QED) is 0.835. The maximum atomic E-state index is 13.1. The predicted molar refractivity (Wildman–Crippen MR) is 108 cm³/mol. The van der Waals surface area contributed by atoms with E-state index in [0.717, 1.165) is 29.2 Å². The van der Waals surface area contributed by atoms with Gasteiger partial charge in [-0.25, -0.2) is 0 Å². The van der Waals surface area contributed by atoms with E-state index < -0.39 is 6.10 Å². The van der Waals surface area contributed by atoms with Crippen LogP contribution >= 0.6 is 23.4 Å². The van der Waals surface area contributed by atoms with Gasteiger partial charge in [-0.15, -0.1) is 11.8 Å². The molecule has 0 bridgehead atoms. The average Bonchev–Trinajstić information content (AvgIpc) is 3.22. The predicted octanol–water partition coefficient (Wildman–Crippen LogP) is 4.21. The molecule has 140 valence electrons. The van der Waals surface area contributed by atoms with Gasteiger partial charge in [-0.05, 0) is 49.2 Å². The minimum absolute atomic E-state index is 0.105. The van der Waals surface area contributed by atoms with Gasteiger partial charge < -0.3 is 15.0 Å². The number of hydrogen-bond donors (Lipinski definition) is 1. The third kappa shape index (κ3) is 3.98. The van der Waals surface area contributed by atoms with E-state index in [1.165, 1.54) is 0 Å². The highest BCUT2D eigenvalue weighted by Crippen LogP contribution is 2.37. The normalized spacial score (nSPS) is 18.9. The summed E-state index contributed by atoms with van der Waals surface area (Å²) in [6.07, 6.45) is 1.22. The molecule has 1 atom stereocenters. The first-order valence-electron chi connectivity index (χ1n) is 8.88. The Labute approximate surface area is 167 Å². The van der Waals surface area contributed by atoms with Gasteiger partial charge in [0.05, 0.1) is 5.69 Å². The monoisotopic (exact) mass is 402 g/mol. The van der Waals surface area contributed by atoms with Gasteiger partial charge in [0.15, 0.2) is 0 Å². The smallest absolute Gasteiger partial charge is 0.258 e. The van der Waals surface area contributed by atoms with Crippen molar-refractivity contribution in [3.05, 3.63) is 53.1 Å². The molecule has 1 saturated heterocycles. The fourth-order valence-corrected chi connectivity index (χ4v) is 4.44. The van der Waals surface area contributed by atoms with E-state index in [1.807, 2.05) is 18.2 Å². The molecule has 2 amide bonds. The van der Waals surface area contributed by atoms with Crippen molar-refractivity contribution in [2.24, 2.45) is 0 Å². The van der Waals surface area contributed by atoms with Gasteiger partial charge >= 0.3 is 0 Å². The van der Waals surface area contributed by atoms with E-state index in [2.05, 4.69) is 5.32 Å². The molecular formula is C20H19ClN2O3S. The molecule has 2 aromatic rings. The van der Waals surface area contributed by atoms with E-state index in [0.29, 0.717) is 29.4 Å². The van der Waals surface area contributed by atoms with E-state index in [9.17, 15) is 9.59 Å². The van der Waals surface area contributed by atoms with Crippen LogP contribution in [-0.4, -0.2) is 36.8 Å². The van der Waals surface area contributed by atoms with Crippen LogP contribution in [0.5, 0.6) is 0 Å². The second kappa shape index (κ2) is 7.92. The van der Waals surface area contributed by atoms with Crippen molar-refractivity contribution in [3.63, 3.8) is 0 Å². The Balaban J connectivity index is 1.55. The number of fused-ring (bicyclic) bond motifs is 1. The van der Waals surface area contributed by atoms with Crippen molar-refractivity contribution in [1.29, 1.82) is 0 Å². The summed E-state index contributed by atoms with van der Waals surface area (Å²) in [4.78, 5) is 28.1. The fourth-order valence-electron chi connectivity index (χ4n) is 3.29. The highest BCUT2D eigenvalue weighted by Gasteiger charge is 2.26. The number of hydrogen-bond acceptors (Lipinski definition) is 4. The molecule has 1 N–H and O–H groups in total. The van der Waals surface area contributed by atoms with Crippen LogP contribution in [0.3, 0.4) is 0 Å². The van der Waals surface area contributed by atoms with Gasteiger partial charge in [0.25, 0.3) is 11.8 Å². The zero-order valence-electron chi connectivity index (χ0n) is 14.6. The van der Waals surface area contributed by atoms with E-state index in [4.69, 9.17) is 16.3 Å². The van der Waals surface area contributed by atoms with Crippen molar-refractivity contribution in [1.82, 2.24) is 0 Å². The Kier molecular flexibility index (Phi) is 5.38. The molecule has 0 aliphatic carbocycles. The number of nitrogens with one attached hydrogen (secondary N) is 1. The fraction of sp³-hybridized carbons (Fsp3) is 0.300. The number of benzene rings is 2. The highest BCUT2D eigenvalue weighted by atomic mass is 35.5. The minimum atomic E-state index is -0.405. The lowest BCUT2D eigenvalue weighted by molar-refractivity contribution is -0.124. The first-order chi connectivity index (χ1) is 13.1. The van der Waals surface area contributed by atoms with Gasteiger partial charge in [0.2, 0.25) is 0 Å². The lowest BCUT2D eigenvalue weighted by Crippen LogP contribution is -2.35. The Morgan fingerprint density at radius 1 is 1.22 bits per heavy atom. The van der Waals surface area contributed by atoms with Crippen LogP contribution in [0.25, 0.3) is 0 Å².